The first-order valence-corrected chi connectivity index (χ1v) is 7.04. The molecule has 20 heavy (non-hydrogen) atoms. The highest BCUT2D eigenvalue weighted by Gasteiger charge is 2.18. The third-order valence-electron chi connectivity index (χ3n) is 2.50. The predicted molar refractivity (Wildman–Crippen MR) is 71.7 cm³/mol. The number of aromatic nitrogens is 3. The second kappa shape index (κ2) is 5.39. The van der Waals surface area contributed by atoms with E-state index in [1.54, 1.807) is 12.1 Å². The van der Waals surface area contributed by atoms with Crippen LogP contribution < -0.4 is 5.32 Å². The van der Waals surface area contributed by atoms with Gasteiger partial charge < -0.3 is 5.32 Å². The number of rotatable bonds is 4. The van der Waals surface area contributed by atoms with E-state index in [1.807, 2.05) is 0 Å². The molecule has 0 radical (unpaired) electrons. The van der Waals surface area contributed by atoms with E-state index in [2.05, 4.69) is 20.5 Å². The Bertz CT molecular complexity index is 709. The molecule has 0 spiro atoms. The summed E-state index contributed by atoms with van der Waals surface area (Å²) in [4.78, 5) is 15.6. The van der Waals surface area contributed by atoms with Crippen molar-refractivity contribution in [2.75, 3.05) is 19.4 Å². The summed E-state index contributed by atoms with van der Waals surface area (Å²) in [6.07, 6.45) is 1.21. The lowest BCUT2D eigenvalue weighted by Crippen LogP contribution is -2.22. The fourth-order valence-electron chi connectivity index (χ4n) is 1.45. The van der Waals surface area contributed by atoms with Gasteiger partial charge in [-0.3, -0.25) is 9.89 Å². The number of H-pyrrole nitrogens is 1. The molecule has 0 atom stereocenters. The fourth-order valence-corrected chi connectivity index (χ4v) is 2.40. The Morgan fingerprint density at radius 1 is 1.35 bits per heavy atom. The minimum Gasteiger partial charge on any atom is -0.319 e. The Morgan fingerprint density at radius 2 is 2.10 bits per heavy atom. The number of hydrogen-bond donors (Lipinski definition) is 2. The Kier molecular flexibility index (Phi) is 3.81. The summed E-state index contributed by atoms with van der Waals surface area (Å²) in [6.45, 7) is 0. The van der Waals surface area contributed by atoms with Gasteiger partial charge in [-0.25, -0.2) is 17.7 Å². The van der Waals surface area contributed by atoms with Crippen LogP contribution in [0.2, 0.25) is 0 Å². The first kappa shape index (κ1) is 14.2. The number of amides is 1. The topological polar surface area (TPSA) is 108 Å². The van der Waals surface area contributed by atoms with Crippen LogP contribution in [0.4, 0.5) is 5.69 Å². The maximum atomic E-state index is 12.0. The van der Waals surface area contributed by atoms with Crippen LogP contribution in [0.1, 0.15) is 10.6 Å². The molecule has 2 aromatic rings. The highest BCUT2D eigenvalue weighted by Crippen LogP contribution is 2.18. The van der Waals surface area contributed by atoms with Gasteiger partial charge in [0.2, 0.25) is 15.8 Å². The largest absolute Gasteiger partial charge is 0.319 e. The van der Waals surface area contributed by atoms with Crippen molar-refractivity contribution in [1.29, 1.82) is 0 Å². The van der Waals surface area contributed by atoms with Crippen molar-refractivity contribution >= 4 is 21.6 Å². The summed E-state index contributed by atoms with van der Waals surface area (Å²) in [5, 5.41) is 8.53. The summed E-state index contributed by atoms with van der Waals surface area (Å²) >= 11 is 0. The highest BCUT2D eigenvalue weighted by atomic mass is 32.2. The quantitative estimate of drug-likeness (QED) is 0.843. The smallest absolute Gasteiger partial charge is 0.292 e. The molecular weight excluding hydrogens is 282 g/mol. The lowest BCUT2D eigenvalue weighted by Gasteiger charge is -2.12. The molecule has 0 saturated heterocycles. The number of nitrogens with zero attached hydrogens (tertiary/aromatic N) is 3. The third-order valence-corrected chi connectivity index (χ3v) is 4.31. The van der Waals surface area contributed by atoms with Crippen molar-refractivity contribution in [1.82, 2.24) is 19.5 Å². The molecule has 0 fully saturated rings. The van der Waals surface area contributed by atoms with E-state index >= 15 is 0 Å². The van der Waals surface area contributed by atoms with Crippen molar-refractivity contribution in [3.05, 3.63) is 36.4 Å². The highest BCUT2D eigenvalue weighted by molar-refractivity contribution is 7.89. The van der Waals surface area contributed by atoms with Gasteiger partial charge in [-0.15, -0.1) is 0 Å². The molecule has 8 nitrogen and oxygen atoms in total. The summed E-state index contributed by atoms with van der Waals surface area (Å²) in [7, 11) is -0.664. The van der Waals surface area contributed by atoms with Gasteiger partial charge in [0.05, 0.1) is 4.90 Å². The number of aromatic amines is 1. The van der Waals surface area contributed by atoms with Gasteiger partial charge in [0.15, 0.2) is 0 Å². The van der Waals surface area contributed by atoms with Crippen LogP contribution in [-0.2, 0) is 10.0 Å². The summed E-state index contributed by atoms with van der Waals surface area (Å²) < 4.78 is 25.1. The molecule has 1 heterocycles. The third kappa shape index (κ3) is 2.83. The van der Waals surface area contributed by atoms with Crippen LogP contribution in [0.3, 0.4) is 0 Å². The minimum atomic E-state index is -3.54. The van der Waals surface area contributed by atoms with E-state index in [4.69, 9.17) is 0 Å². The molecule has 2 rings (SSSR count). The lowest BCUT2D eigenvalue weighted by atomic mass is 10.3. The van der Waals surface area contributed by atoms with E-state index in [1.165, 1.54) is 32.6 Å². The van der Waals surface area contributed by atoms with E-state index in [0.717, 1.165) is 4.31 Å². The lowest BCUT2D eigenvalue weighted by molar-refractivity contribution is 0.101. The van der Waals surface area contributed by atoms with E-state index in [-0.39, 0.29) is 10.7 Å². The summed E-state index contributed by atoms with van der Waals surface area (Å²) in [5.74, 6) is -0.451. The number of benzene rings is 1. The SMILES string of the molecule is CN(C)S(=O)(=O)c1cccc(NC(=O)c2ncn[nH]2)c1. The minimum absolute atomic E-state index is 0.0471. The number of carbonyl (C=O) groups excluding carboxylic acids is 1. The first-order chi connectivity index (χ1) is 9.41. The van der Waals surface area contributed by atoms with Crippen molar-refractivity contribution < 1.29 is 13.2 Å². The van der Waals surface area contributed by atoms with E-state index < -0.39 is 15.9 Å². The number of nitrogens with one attached hydrogen (secondary N) is 2. The fraction of sp³-hybridized carbons (Fsp3) is 0.182. The molecule has 0 saturated carbocycles. The second-order valence-electron chi connectivity index (χ2n) is 4.10. The molecule has 0 unspecified atom stereocenters. The van der Waals surface area contributed by atoms with E-state index in [9.17, 15) is 13.2 Å². The van der Waals surface area contributed by atoms with Crippen LogP contribution >= 0.6 is 0 Å². The van der Waals surface area contributed by atoms with Crippen LogP contribution in [-0.4, -0.2) is 47.9 Å². The van der Waals surface area contributed by atoms with E-state index in [0.29, 0.717) is 5.69 Å². The number of carbonyl (C=O) groups is 1. The molecule has 106 valence electrons. The van der Waals surface area contributed by atoms with Crippen LogP contribution in [0.25, 0.3) is 0 Å². The molecule has 0 aliphatic heterocycles. The molecule has 1 amide bonds. The maximum Gasteiger partial charge on any atom is 0.292 e. The first-order valence-electron chi connectivity index (χ1n) is 5.60. The molecule has 2 N–H and O–H groups in total. The van der Waals surface area contributed by atoms with Crippen molar-refractivity contribution in [3.63, 3.8) is 0 Å². The maximum absolute atomic E-state index is 12.0. The molecule has 9 heteroatoms. The van der Waals surface area contributed by atoms with Gasteiger partial charge in [-0.2, -0.15) is 5.10 Å². The molecule has 1 aromatic heterocycles. The van der Waals surface area contributed by atoms with Crippen LogP contribution in [0.5, 0.6) is 0 Å². The second-order valence-corrected chi connectivity index (χ2v) is 6.26. The Balaban J connectivity index is 2.25. The van der Waals surface area contributed by atoms with Crippen molar-refractivity contribution in [3.8, 4) is 0 Å². The zero-order valence-corrected chi connectivity index (χ0v) is 11.7. The van der Waals surface area contributed by atoms with Crippen LogP contribution in [0.15, 0.2) is 35.5 Å². The Morgan fingerprint density at radius 3 is 2.70 bits per heavy atom. The molecule has 1 aromatic carbocycles. The van der Waals surface area contributed by atoms with Crippen molar-refractivity contribution in [2.24, 2.45) is 0 Å². The zero-order chi connectivity index (χ0) is 14.8. The van der Waals surface area contributed by atoms with Gasteiger partial charge >= 0.3 is 0 Å². The molecule has 0 aliphatic carbocycles. The predicted octanol–water partition coefficient (Wildman–Crippen LogP) is 0.307. The monoisotopic (exact) mass is 295 g/mol. The standard InChI is InChI=1S/C11H13N5O3S/c1-16(2)20(18,19)9-5-3-4-8(6-9)14-11(17)10-12-7-13-15-10/h3-7H,1-2H3,(H,14,17)(H,12,13,15). The van der Waals surface area contributed by atoms with Gasteiger partial charge in [0.1, 0.15) is 6.33 Å². The molecular formula is C11H13N5O3S. The number of hydrogen-bond acceptors (Lipinski definition) is 5. The summed E-state index contributed by atoms with van der Waals surface area (Å²) in [6, 6.07) is 5.97. The van der Waals surface area contributed by atoms with Gasteiger partial charge in [0.25, 0.3) is 5.91 Å². The average Bonchev–Trinajstić information content (AvgIpc) is 2.92. The number of anilines is 1. The molecule has 0 bridgehead atoms. The van der Waals surface area contributed by atoms with Gasteiger partial charge in [0, 0.05) is 19.8 Å². The van der Waals surface area contributed by atoms with Crippen molar-refractivity contribution in [2.45, 2.75) is 4.90 Å². The normalized spacial score (nSPS) is 11.6. The summed E-state index contributed by atoms with van der Waals surface area (Å²) in [5.41, 5.74) is 0.356. The zero-order valence-electron chi connectivity index (χ0n) is 10.9. The Labute approximate surface area is 115 Å². The average molecular weight is 295 g/mol. The molecule has 0 aliphatic rings. The van der Waals surface area contributed by atoms with Gasteiger partial charge in [-0.05, 0) is 18.2 Å². The Hall–Kier alpha value is -2.26. The van der Waals surface area contributed by atoms with Gasteiger partial charge in [-0.1, -0.05) is 6.07 Å². The van der Waals surface area contributed by atoms with Crippen LogP contribution in [0, 0.1) is 0 Å². The number of sulfonamides is 1.